The maximum atomic E-state index is 10.9. The van der Waals surface area contributed by atoms with Crippen molar-refractivity contribution in [3.8, 4) is 0 Å². The van der Waals surface area contributed by atoms with Gasteiger partial charge in [-0.1, -0.05) is 0 Å². The maximum Gasteiger partial charge on any atom is 0.148 e. The Kier molecular flexibility index (Phi) is 3.02. The molecule has 0 aromatic carbocycles. The first-order chi connectivity index (χ1) is 5.77. The number of rotatable bonds is 2. The van der Waals surface area contributed by atoms with Crippen LogP contribution in [-0.4, -0.2) is 29.9 Å². The van der Waals surface area contributed by atoms with E-state index < -0.39 is 0 Å². The highest BCUT2D eigenvalue weighted by molar-refractivity contribution is 5.84. The minimum absolute atomic E-state index is 0.0734. The fourth-order valence-electron chi connectivity index (χ4n) is 1.11. The molecule has 0 N–H and O–H groups in total. The molecule has 1 aliphatic heterocycles. The molecule has 0 atom stereocenters. The molecular weight excluding hydrogens is 158 g/mol. The summed E-state index contributed by atoms with van der Waals surface area (Å²) in [4.78, 5) is 26.4. The van der Waals surface area contributed by atoms with Crippen molar-refractivity contribution in [2.75, 3.05) is 13.2 Å². The molecule has 1 heterocycles. The molecule has 0 aromatic rings. The summed E-state index contributed by atoms with van der Waals surface area (Å²) in [6, 6.07) is 0. The third kappa shape index (κ3) is 1.94. The molecule has 0 unspecified atom stereocenters. The van der Waals surface area contributed by atoms with Crippen LogP contribution >= 0.6 is 0 Å². The van der Waals surface area contributed by atoms with Gasteiger partial charge in [-0.2, -0.15) is 0 Å². The smallest absolute Gasteiger partial charge is 0.148 e. The number of hydroxylamine groups is 2. The average Bonchev–Trinajstić information content (AvgIpc) is 2.08. The van der Waals surface area contributed by atoms with Crippen LogP contribution < -0.4 is 0 Å². The second-order valence-electron chi connectivity index (χ2n) is 2.53. The summed E-state index contributed by atoms with van der Waals surface area (Å²) in [7, 11) is 0. The van der Waals surface area contributed by atoms with Crippen LogP contribution in [0.1, 0.15) is 19.8 Å². The van der Waals surface area contributed by atoms with Gasteiger partial charge in [0.25, 0.3) is 0 Å². The molecule has 0 aliphatic carbocycles. The molecule has 0 aromatic heterocycles. The minimum Gasteiger partial charge on any atom is -0.299 e. The zero-order valence-electron chi connectivity index (χ0n) is 7.00. The Morgan fingerprint density at radius 3 is 3.00 bits per heavy atom. The number of carbonyl (C=O) groups excluding carboxylic acids is 2. The quantitative estimate of drug-likeness (QED) is 0.558. The van der Waals surface area contributed by atoms with Crippen LogP contribution in [0.15, 0.2) is 5.70 Å². The lowest BCUT2D eigenvalue weighted by molar-refractivity contribution is -0.147. The summed E-state index contributed by atoms with van der Waals surface area (Å²) in [6.45, 7) is 2.80. The van der Waals surface area contributed by atoms with Crippen LogP contribution in [0.25, 0.3) is 0 Å². The molecule has 1 rings (SSSR count). The predicted molar refractivity (Wildman–Crippen MR) is 41.8 cm³/mol. The first-order valence-corrected chi connectivity index (χ1v) is 3.94. The van der Waals surface area contributed by atoms with Gasteiger partial charge in [-0.15, -0.1) is 0 Å². The fraction of sp³-hybridized carbons (Fsp3) is 0.625. The van der Waals surface area contributed by atoms with Crippen LogP contribution in [0.2, 0.25) is 0 Å². The molecule has 1 saturated heterocycles. The van der Waals surface area contributed by atoms with E-state index in [4.69, 9.17) is 4.84 Å². The van der Waals surface area contributed by atoms with Crippen LogP contribution in [-0.2, 0) is 14.4 Å². The van der Waals surface area contributed by atoms with Gasteiger partial charge in [-0.25, -0.2) is 9.86 Å². The van der Waals surface area contributed by atoms with Gasteiger partial charge in [-0.3, -0.25) is 9.63 Å². The van der Waals surface area contributed by atoms with Gasteiger partial charge in [0.05, 0.1) is 19.6 Å². The largest absolute Gasteiger partial charge is 0.299 e. The highest BCUT2D eigenvalue weighted by Gasteiger charge is 2.21. The second kappa shape index (κ2) is 4.04. The normalized spacial score (nSPS) is 17.9. The van der Waals surface area contributed by atoms with E-state index in [1.54, 1.807) is 5.94 Å². The molecule has 0 saturated carbocycles. The third-order valence-electron chi connectivity index (χ3n) is 1.66. The van der Waals surface area contributed by atoms with Crippen molar-refractivity contribution in [3.05, 3.63) is 5.70 Å². The number of ketones is 1. The van der Waals surface area contributed by atoms with Gasteiger partial charge in [0.15, 0.2) is 0 Å². The van der Waals surface area contributed by atoms with Crippen molar-refractivity contribution in [2.24, 2.45) is 0 Å². The lowest BCUT2D eigenvalue weighted by Gasteiger charge is -2.26. The van der Waals surface area contributed by atoms with E-state index in [0.717, 1.165) is 0 Å². The molecule has 4 heteroatoms. The van der Waals surface area contributed by atoms with E-state index in [2.05, 4.69) is 0 Å². The molecule has 1 fully saturated rings. The van der Waals surface area contributed by atoms with Crippen molar-refractivity contribution in [2.45, 2.75) is 19.8 Å². The monoisotopic (exact) mass is 169 g/mol. The first-order valence-electron chi connectivity index (χ1n) is 3.94. The zero-order chi connectivity index (χ0) is 8.97. The van der Waals surface area contributed by atoms with E-state index in [0.29, 0.717) is 25.3 Å². The maximum absolute atomic E-state index is 10.9. The SMILES string of the molecule is CCON1CCC(=O)CC1=C=O. The number of hydrogen-bond donors (Lipinski definition) is 0. The van der Waals surface area contributed by atoms with Crippen molar-refractivity contribution in [3.63, 3.8) is 0 Å². The number of carbonyl (C=O) groups is 1. The Bertz CT molecular complexity index is 230. The van der Waals surface area contributed by atoms with Crippen LogP contribution in [0.4, 0.5) is 0 Å². The fourth-order valence-corrected chi connectivity index (χ4v) is 1.11. The van der Waals surface area contributed by atoms with Gasteiger partial charge in [0, 0.05) is 6.42 Å². The topological polar surface area (TPSA) is 46.6 Å². The van der Waals surface area contributed by atoms with E-state index in [-0.39, 0.29) is 12.2 Å². The zero-order valence-corrected chi connectivity index (χ0v) is 7.00. The standard InChI is InChI=1S/C8H11NO3/c1-2-12-9-4-3-8(11)5-7(9)6-10/h2-5H2,1H3. The van der Waals surface area contributed by atoms with Crippen molar-refractivity contribution in [1.82, 2.24) is 5.06 Å². The highest BCUT2D eigenvalue weighted by atomic mass is 16.7. The Labute approximate surface area is 70.7 Å². The van der Waals surface area contributed by atoms with E-state index in [9.17, 15) is 9.59 Å². The summed E-state index contributed by atoms with van der Waals surface area (Å²) in [6.07, 6.45) is 0.606. The molecule has 12 heavy (non-hydrogen) atoms. The van der Waals surface area contributed by atoms with Crippen molar-refractivity contribution < 1.29 is 14.4 Å². The summed E-state index contributed by atoms with van der Waals surface area (Å²) in [5.41, 5.74) is 0.313. The number of Topliss-reactive ketones (excluding diaryl/α,β-unsaturated/α-hetero) is 1. The van der Waals surface area contributed by atoms with E-state index in [1.165, 1.54) is 5.06 Å². The molecule has 4 nitrogen and oxygen atoms in total. The van der Waals surface area contributed by atoms with Gasteiger partial charge >= 0.3 is 0 Å². The molecule has 0 bridgehead atoms. The second-order valence-corrected chi connectivity index (χ2v) is 2.53. The third-order valence-corrected chi connectivity index (χ3v) is 1.66. The number of nitrogens with zero attached hydrogens (tertiary/aromatic N) is 1. The summed E-state index contributed by atoms with van der Waals surface area (Å²) >= 11 is 0. The lowest BCUT2D eigenvalue weighted by Crippen LogP contribution is -2.32. The molecule has 1 aliphatic rings. The Morgan fingerprint density at radius 1 is 1.67 bits per heavy atom. The Hall–Kier alpha value is -1.12. The minimum atomic E-state index is 0.0734. The van der Waals surface area contributed by atoms with E-state index in [1.807, 2.05) is 6.92 Å². The van der Waals surface area contributed by atoms with E-state index >= 15 is 0 Å². The molecule has 0 amide bonds. The van der Waals surface area contributed by atoms with Gasteiger partial charge in [0.2, 0.25) is 0 Å². The van der Waals surface area contributed by atoms with Crippen molar-refractivity contribution >= 4 is 11.7 Å². The van der Waals surface area contributed by atoms with Crippen LogP contribution in [0.3, 0.4) is 0 Å². The van der Waals surface area contributed by atoms with Crippen LogP contribution in [0, 0.1) is 0 Å². The number of allylic oxidation sites excluding steroid dienone is 1. The summed E-state index contributed by atoms with van der Waals surface area (Å²) in [5, 5.41) is 1.45. The number of hydrogen-bond acceptors (Lipinski definition) is 4. The lowest BCUT2D eigenvalue weighted by atomic mass is 10.1. The summed E-state index contributed by atoms with van der Waals surface area (Å²) in [5.74, 6) is 1.79. The Morgan fingerprint density at radius 2 is 2.42 bits per heavy atom. The van der Waals surface area contributed by atoms with Crippen molar-refractivity contribution in [1.29, 1.82) is 0 Å². The molecule has 0 radical (unpaired) electrons. The average molecular weight is 169 g/mol. The van der Waals surface area contributed by atoms with Gasteiger partial charge in [0.1, 0.15) is 17.4 Å². The molecular formula is C8H11NO3. The summed E-state index contributed by atoms with van der Waals surface area (Å²) < 4.78 is 0. The highest BCUT2D eigenvalue weighted by Crippen LogP contribution is 2.15. The molecule has 0 spiro atoms. The molecule has 66 valence electrons. The number of piperidine rings is 1. The van der Waals surface area contributed by atoms with Gasteiger partial charge < -0.3 is 0 Å². The predicted octanol–water partition coefficient (Wildman–Crippen LogP) is 0.318. The first kappa shape index (κ1) is 8.97. The Balaban J connectivity index is 2.63. The van der Waals surface area contributed by atoms with Crippen LogP contribution in [0.5, 0.6) is 0 Å². The van der Waals surface area contributed by atoms with Gasteiger partial charge in [-0.05, 0) is 6.92 Å².